The third-order valence-electron chi connectivity index (χ3n) is 2.74. The van der Waals surface area contributed by atoms with Crippen molar-refractivity contribution in [1.82, 2.24) is 0 Å². The fourth-order valence-corrected chi connectivity index (χ4v) is 1.71. The maximum Gasteiger partial charge on any atom is 0.262 e. The molecule has 0 aliphatic carbocycles. The van der Waals surface area contributed by atoms with Crippen LogP contribution in [0.3, 0.4) is 0 Å². The van der Waals surface area contributed by atoms with Gasteiger partial charge in [0, 0.05) is 0 Å². The van der Waals surface area contributed by atoms with Gasteiger partial charge in [-0.3, -0.25) is 4.79 Å². The van der Waals surface area contributed by atoms with Crippen LogP contribution >= 0.6 is 0 Å². The van der Waals surface area contributed by atoms with E-state index in [1.165, 1.54) is 12.1 Å². The Hall–Kier alpha value is -2.60. The van der Waals surface area contributed by atoms with Gasteiger partial charge in [0.15, 0.2) is 6.61 Å². The predicted molar refractivity (Wildman–Crippen MR) is 77.3 cm³/mol. The molecule has 2 aromatic carbocycles. The van der Waals surface area contributed by atoms with Crippen molar-refractivity contribution in [2.24, 2.45) is 0 Å². The predicted octanol–water partition coefficient (Wildman–Crippen LogP) is 1.92. The molecule has 5 nitrogen and oxygen atoms in total. The lowest BCUT2D eigenvalue weighted by molar-refractivity contribution is -0.118. The number of amides is 1. The molecule has 0 saturated carbocycles. The van der Waals surface area contributed by atoms with Gasteiger partial charge in [0.05, 0.1) is 18.0 Å². The molecule has 1 amide bonds. The van der Waals surface area contributed by atoms with Crippen LogP contribution in [0.4, 0.5) is 15.8 Å². The van der Waals surface area contributed by atoms with Crippen molar-refractivity contribution in [3.63, 3.8) is 0 Å². The molecule has 0 bridgehead atoms. The lowest BCUT2D eigenvalue weighted by atomic mass is 10.2. The van der Waals surface area contributed by atoms with E-state index in [1.54, 1.807) is 24.3 Å². The number of hydrogen-bond acceptors (Lipinski definition) is 4. The van der Waals surface area contributed by atoms with Crippen LogP contribution in [0, 0.1) is 5.82 Å². The molecule has 21 heavy (non-hydrogen) atoms. The minimum atomic E-state index is -0.490. The van der Waals surface area contributed by atoms with Gasteiger partial charge in [-0.1, -0.05) is 12.1 Å². The first kappa shape index (κ1) is 14.8. The van der Waals surface area contributed by atoms with Gasteiger partial charge in [0.25, 0.3) is 5.91 Å². The van der Waals surface area contributed by atoms with Gasteiger partial charge in [-0.05, 0) is 35.9 Å². The Morgan fingerprint density at radius 3 is 2.86 bits per heavy atom. The summed E-state index contributed by atoms with van der Waals surface area (Å²) in [6.45, 7) is -0.353. The average molecular weight is 290 g/mol. The van der Waals surface area contributed by atoms with Gasteiger partial charge in [0.1, 0.15) is 11.6 Å². The monoisotopic (exact) mass is 290 g/mol. The van der Waals surface area contributed by atoms with E-state index >= 15 is 0 Å². The lowest BCUT2D eigenvalue weighted by Crippen LogP contribution is -2.21. The van der Waals surface area contributed by atoms with E-state index in [4.69, 9.17) is 15.6 Å². The lowest BCUT2D eigenvalue weighted by Gasteiger charge is -2.10. The normalized spacial score (nSPS) is 10.2. The number of carbonyl (C=O) groups excluding carboxylic acids is 1. The Kier molecular flexibility index (Phi) is 4.73. The number of carbonyl (C=O) groups is 1. The first-order valence-corrected chi connectivity index (χ1v) is 6.26. The Balaban J connectivity index is 1.94. The molecule has 110 valence electrons. The molecule has 0 atom stereocenters. The summed E-state index contributed by atoms with van der Waals surface area (Å²) in [4.78, 5) is 11.7. The van der Waals surface area contributed by atoms with Crippen molar-refractivity contribution in [1.29, 1.82) is 0 Å². The van der Waals surface area contributed by atoms with Crippen LogP contribution in [0.15, 0.2) is 42.5 Å². The second kappa shape index (κ2) is 6.71. The van der Waals surface area contributed by atoms with Crippen molar-refractivity contribution in [2.45, 2.75) is 6.61 Å². The number of nitrogen functional groups attached to an aromatic ring is 1. The number of ether oxygens (including phenoxy) is 1. The standard InChI is InChI=1S/C15H15FN2O3/c16-11-4-5-13(17)14(7-11)18-15(20)9-21-12-3-1-2-10(6-12)8-19/h1-7,19H,8-9,17H2,(H,18,20). The molecular weight excluding hydrogens is 275 g/mol. The molecule has 0 aromatic heterocycles. The van der Waals surface area contributed by atoms with Crippen LogP contribution in [-0.4, -0.2) is 17.6 Å². The third-order valence-corrected chi connectivity index (χ3v) is 2.74. The van der Waals surface area contributed by atoms with Gasteiger partial charge < -0.3 is 20.9 Å². The summed E-state index contributed by atoms with van der Waals surface area (Å²) in [5.74, 6) is -0.485. The summed E-state index contributed by atoms with van der Waals surface area (Å²) in [5.41, 5.74) is 6.79. The summed E-state index contributed by atoms with van der Waals surface area (Å²) in [6, 6.07) is 10.5. The molecule has 0 saturated heterocycles. The molecular formula is C15H15FN2O3. The number of benzene rings is 2. The highest BCUT2D eigenvalue weighted by Gasteiger charge is 2.07. The van der Waals surface area contributed by atoms with Gasteiger partial charge in [-0.2, -0.15) is 0 Å². The quantitative estimate of drug-likeness (QED) is 0.734. The molecule has 0 radical (unpaired) electrons. The topological polar surface area (TPSA) is 84.6 Å². The van der Waals surface area contributed by atoms with Gasteiger partial charge in [-0.25, -0.2) is 4.39 Å². The van der Waals surface area contributed by atoms with Crippen LogP contribution in [0.5, 0.6) is 5.75 Å². The van der Waals surface area contributed by atoms with E-state index in [-0.39, 0.29) is 24.6 Å². The SMILES string of the molecule is Nc1ccc(F)cc1NC(=O)COc1cccc(CO)c1. The van der Waals surface area contributed by atoms with Crippen molar-refractivity contribution in [3.05, 3.63) is 53.8 Å². The molecule has 2 rings (SSSR count). The summed E-state index contributed by atoms with van der Waals surface area (Å²) in [6.07, 6.45) is 0. The molecule has 2 aromatic rings. The highest BCUT2D eigenvalue weighted by Crippen LogP contribution is 2.19. The van der Waals surface area contributed by atoms with Crippen LogP contribution in [0.2, 0.25) is 0 Å². The van der Waals surface area contributed by atoms with Gasteiger partial charge in [0.2, 0.25) is 0 Å². The maximum absolute atomic E-state index is 13.1. The number of halogens is 1. The Bertz CT molecular complexity index is 647. The first-order valence-electron chi connectivity index (χ1n) is 6.26. The van der Waals surface area contributed by atoms with Crippen LogP contribution in [-0.2, 0) is 11.4 Å². The zero-order valence-corrected chi connectivity index (χ0v) is 11.2. The Morgan fingerprint density at radius 1 is 1.29 bits per heavy atom. The fourth-order valence-electron chi connectivity index (χ4n) is 1.71. The van der Waals surface area contributed by atoms with Crippen molar-refractivity contribution in [2.75, 3.05) is 17.7 Å². The third kappa shape index (κ3) is 4.19. The van der Waals surface area contributed by atoms with Crippen molar-refractivity contribution >= 4 is 17.3 Å². The van der Waals surface area contributed by atoms with Crippen LogP contribution < -0.4 is 15.8 Å². The molecule has 0 aliphatic rings. The van der Waals surface area contributed by atoms with Gasteiger partial charge in [-0.15, -0.1) is 0 Å². The smallest absolute Gasteiger partial charge is 0.262 e. The summed E-state index contributed by atoms with van der Waals surface area (Å²) in [7, 11) is 0. The van der Waals surface area contributed by atoms with Crippen LogP contribution in [0.25, 0.3) is 0 Å². The molecule has 6 heteroatoms. The molecule has 0 fully saturated rings. The van der Waals surface area contributed by atoms with E-state index in [0.29, 0.717) is 11.3 Å². The first-order chi connectivity index (χ1) is 10.1. The zero-order valence-electron chi connectivity index (χ0n) is 11.2. The molecule has 0 aliphatic heterocycles. The van der Waals surface area contributed by atoms with E-state index in [1.807, 2.05) is 0 Å². The summed E-state index contributed by atoms with van der Waals surface area (Å²) in [5, 5.41) is 11.5. The highest BCUT2D eigenvalue weighted by atomic mass is 19.1. The minimum absolute atomic E-state index is 0.108. The Labute approximate surface area is 121 Å². The van der Waals surface area contributed by atoms with Gasteiger partial charge >= 0.3 is 0 Å². The molecule has 4 N–H and O–H groups in total. The van der Waals surface area contributed by atoms with E-state index in [9.17, 15) is 9.18 Å². The maximum atomic E-state index is 13.1. The molecule has 0 spiro atoms. The van der Waals surface area contributed by atoms with E-state index in [2.05, 4.69) is 5.32 Å². The second-order valence-corrected chi connectivity index (χ2v) is 4.37. The van der Waals surface area contributed by atoms with E-state index in [0.717, 1.165) is 6.07 Å². The minimum Gasteiger partial charge on any atom is -0.484 e. The number of anilines is 2. The van der Waals surface area contributed by atoms with Crippen LogP contribution in [0.1, 0.15) is 5.56 Å². The van der Waals surface area contributed by atoms with Crippen molar-refractivity contribution < 1.29 is 19.0 Å². The summed E-state index contributed by atoms with van der Waals surface area (Å²) >= 11 is 0. The number of aliphatic hydroxyl groups excluding tert-OH is 1. The zero-order chi connectivity index (χ0) is 15.2. The number of rotatable bonds is 5. The highest BCUT2D eigenvalue weighted by molar-refractivity contribution is 5.94. The van der Waals surface area contributed by atoms with Crippen molar-refractivity contribution in [3.8, 4) is 5.75 Å². The van der Waals surface area contributed by atoms with E-state index < -0.39 is 11.7 Å². The summed E-state index contributed by atoms with van der Waals surface area (Å²) < 4.78 is 18.4. The Morgan fingerprint density at radius 2 is 2.10 bits per heavy atom. The number of nitrogens with two attached hydrogens (primary N) is 1. The average Bonchev–Trinajstić information content (AvgIpc) is 2.49. The molecule has 0 heterocycles. The number of nitrogens with one attached hydrogen (secondary N) is 1. The largest absolute Gasteiger partial charge is 0.484 e. The number of hydrogen-bond donors (Lipinski definition) is 3. The fraction of sp³-hybridized carbons (Fsp3) is 0.133. The number of aliphatic hydroxyl groups is 1. The molecule has 0 unspecified atom stereocenters. The second-order valence-electron chi connectivity index (χ2n) is 4.37.